The van der Waals surface area contributed by atoms with Crippen LogP contribution in [0.15, 0.2) is 16.6 Å². The van der Waals surface area contributed by atoms with Crippen molar-refractivity contribution in [2.45, 2.75) is 123 Å². The zero-order chi connectivity index (χ0) is 40.1. The van der Waals surface area contributed by atoms with Crippen LogP contribution in [-0.4, -0.2) is 234 Å². The number of guanidine groups is 2. The number of nitrogens with zero attached hydrogens (tertiary/aromatic N) is 2. The molecule has 4 rings (SSSR count). The second-order valence-corrected chi connectivity index (χ2v) is 13.1. The standard InChI is InChI=1S/C25H43NO18.C4H11N5/c1-6-11(26-8-2-7(3-27)12(30)15(33)13(8)31)14(32)19(37)24(40-6)43-22-10(5-29)42-25(20(38)17(22)35)44-21-9(4-28)41-23(39)18(36)16(21)34;1-9(2)4(7)8-3(5)6/h2,6,8-39H,3-5H2,1H3;1-2H3,(H5,5,6,7,8)/t6-,8+,9-,10-,11-,12-,13+,14+,15+,16-,17-,18-,19-,20-,21-,22-,23?,24-,25-;/m1./s1. The van der Waals surface area contributed by atoms with E-state index in [1.165, 1.54) is 17.9 Å². The van der Waals surface area contributed by atoms with Crippen molar-refractivity contribution in [3.8, 4) is 0 Å². The molecule has 53 heavy (non-hydrogen) atoms. The topological polar surface area (TPSA) is 413 Å². The molecule has 0 spiro atoms. The van der Waals surface area contributed by atoms with Crippen LogP contribution in [0.4, 0.5) is 0 Å². The van der Waals surface area contributed by atoms with Gasteiger partial charge in [0.15, 0.2) is 24.8 Å². The summed E-state index contributed by atoms with van der Waals surface area (Å²) in [7, 11) is 3.38. The molecule has 19 atom stereocenters. The molecule has 3 aliphatic heterocycles. The monoisotopic (exact) mass is 774 g/mol. The third-order valence-corrected chi connectivity index (χ3v) is 9.13. The van der Waals surface area contributed by atoms with Crippen LogP contribution in [0.3, 0.4) is 0 Å². The Morgan fingerprint density at radius 3 is 1.75 bits per heavy atom. The molecule has 3 fully saturated rings. The number of nitrogens with two attached hydrogens (primary N) is 2. The third kappa shape index (κ3) is 10.5. The van der Waals surface area contributed by atoms with E-state index in [1.54, 1.807) is 14.1 Å². The zero-order valence-electron chi connectivity index (χ0n) is 29.1. The summed E-state index contributed by atoms with van der Waals surface area (Å²) < 4.78 is 27.4. The summed E-state index contributed by atoms with van der Waals surface area (Å²) >= 11 is 0. The fraction of sp³-hybridized carbons (Fsp3) is 0.862. The normalized spacial score (nSPS) is 44.6. The van der Waals surface area contributed by atoms with Gasteiger partial charge in [-0.1, -0.05) is 6.08 Å². The number of aliphatic hydroxyl groups excluding tert-OH is 13. The van der Waals surface area contributed by atoms with Crippen molar-refractivity contribution in [3.05, 3.63) is 11.6 Å². The predicted molar refractivity (Wildman–Crippen MR) is 175 cm³/mol. The highest BCUT2D eigenvalue weighted by atomic mass is 16.7. The van der Waals surface area contributed by atoms with E-state index in [0.29, 0.717) is 0 Å². The number of rotatable bonds is 9. The molecule has 24 nitrogen and oxygen atoms in total. The highest BCUT2D eigenvalue weighted by Crippen LogP contribution is 2.32. The van der Waals surface area contributed by atoms with Gasteiger partial charge < -0.3 is 112 Å². The quantitative estimate of drug-likeness (QED) is 0.0587. The first-order chi connectivity index (χ1) is 24.8. The Balaban J connectivity index is 0.000000743. The summed E-state index contributed by atoms with van der Waals surface area (Å²) in [6.45, 7) is -0.753. The summed E-state index contributed by atoms with van der Waals surface area (Å²) in [5, 5.41) is 143. The fourth-order valence-corrected chi connectivity index (χ4v) is 6.04. The lowest BCUT2D eigenvalue weighted by atomic mass is 9.86. The van der Waals surface area contributed by atoms with Crippen molar-refractivity contribution in [2.75, 3.05) is 33.9 Å². The SMILES string of the molecule is CN(C)C(=N)N=C(N)N.C[C@H]1O[C@H](O[C@H]2[C@H](O)[C@@H](O)[C@@H](O[C@H]3[C@H](O)[C@@H](O)C(O)O[C@@H]3CO)O[C@@H]2CO)[C@H](O)[C@@H](O)[C@@H]1N[C@H]1C=C(CO)[C@@H](O)[C@H](O)[C@H]1O. The van der Waals surface area contributed by atoms with Gasteiger partial charge in [-0.3, -0.25) is 5.41 Å². The molecule has 308 valence electrons. The lowest BCUT2D eigenvalue weighted by molar-refractivity contribution is -0.373. The van der Waals surface area contributed by atoms with Crippen molar-refractivity contribution < 1.29 is 90.1 Å². The van der Waals surface area contributed by atoms with Crippen LogP contribution < -0.4 is 16.8 Å². The number of aliphatic imine (C=N–C) groups is 1. The Morgan fingerprint density at radius 1 is 0.755 bits per heavy atom. The largest absolute Gasteiger partial charge is 0.394 e. The Bertz CT molecular complexity index is 1230. The van der Waals surface area contributed by atoms with Crippen molar-refractivity contribution in [1.29, 1.82) is 5.41 Å². The lowest BCUT2D eigenvalue weighted by Gasteiger charge is -2.48. The molecular formula is C29H54N6O18. The predicted octanol–water partition coefficient (Wildman–Crippen LogP) is -9.81. The van der Waals surface area contributed by atoms with Crippen LogP contribution in [0.1, 0.15) is 6.92 Å². The molecular weight excluding hydrogens is 720 g/mol. The van der Waals surface area contributed by atoms with Gasteiger partial charge in [-0.25, -0.2) is 0 Å². The molecule has 0 saturated carbocycles. The molecule has 0 aromatic rings. The van der Waals surface area contributed by atoms with Gasteiger partial charge in [0.05, 0.1) is 38.0 Å². The van der Waals surface area contributed by atoms with Crippen LogP contribution >= 0.6 is 0 Å². The summed E-state index contributed by atoms with van der Waals surface area (Å²) in [6.07, 6.45) is -26.6. The molecule has 1 aliphatic carbocycles. The average Bonchev–Trinajstić information content (AvgIpc) is 3.11. The van der Waals surface area contributed by atoms with Crippen molar-refractivity contribution in [1.82, 2.24) is 10.2 Å². The smallest absolute Gasteiger partial charge is 0.220 e. The summed E-state index contributed by atoms with van der Waals surface area (Å²) in [5.74, 6) is -0.0382. The summed E-state index contributed by atoms with van der Waals surface area (Å²) in [6, 6.07) is -2.17. The van der Waals surface area contributed by atoms with Gasteiger partial charge >= 0.3 is 0 Å². The minimum Gasteiger partial charge on any atom is -0.394 e. The van der Waals surface area contributed by atoms with Crippen LogP contribution in [0, 0.1) is 5.41 Å². The number of ether oxygens (including phenoxy) is 5. The number of hydrogen-bond donors (Lipinski definition) is 17. The first kappa shape index (κ1) is 45.1. The molecule has 1 unspecified atom stereocenters. The van der Waals surface area contributed by atoms with Crippen LogP contribution in [0.2, 0.25) is 0 Å². The summed E-state index contributed by atoms with van der Waals surface area (Å²) in [4.78, 5) is 4.96. The Kier molecular flexibility index (Phi) is 16.6. The van der Waals surface area contributed by atoms with Crippen LogP contribution in [0.5, 0.6) is 0 Å². The van der Waals surface area contributed by atoms with E-state index in [-0.39, 0.29) is 17.5 Å². The van der Waals surface area contributed by atoms with Crippen molar-refractivity contribution >= 4 is 11.9 Å². The minimum absolute atomic E-state index is 0.0225. The van der Waals surface area contributed by atoms with Gasteiger partial charge in [0.2, 0.25) is 5.96 Å². The van der Waals surface area contributed by atoms with Gasteiger partial charge in [-0.15, -0.1) is 0 Å². The molecule has 0 amide bonds. The third-order valence-electron chi connectivity index (χ3n) is 9.13. The maximum Gasteiger partial charge on any atom is 0.220 e. The maximum absolute atomic E-state index is 10.9. The molecule has 19 N–H and O–H groups in total. The number of hydrogen-bond acceptors (Lipinski definition) is 20. The highest BCUT2D eigenvalue weighted by Gasteiger charge is 2.53. The van der Waals surface area contributed by atoms with E-state index in [0.717, 1.165) is 0 Å². The Labute approximate surface area is 303 Å². The molecule has 3 heterocycles. The van der Waals surface area contributed by atoms with E-state index in [4.69, 9.17) is 40.6 Å². The highest BCUT2D eigenvalue weighted by molar-refractivity contribution is 5.91. The van der Waals surface area contributed by atoms with Crippen molar-refractivity contribution in [2.24, 2.45) is 16.5 Å². The summed E-state index contributed by atoms with van der Waals surface area (Å²) in [5.41, 5.74) is 10.0. The molecule has 0 aromatic carbocycles. The number of aliphatic hydroxyl groups is 13. The minimum atomic E-state index is -1.93. The molecule has 0 aromatic heterocycles. The zero-order valence-corrected chi connectivity index (χ0v) is 29.1. The Hall–Kier alpha value is -2.28. The number of nitrogens with one attached hydrogen (secondary N) is 2. The van der Waals surface area contributed by atoms with Crippen molar-refractivity contribution in [3.63, 3.8) is 0 Å². The van der Waals surface area contributed by atoms with Gasteiger partial charge in [-0.05, 0) is 12.5 Å². The molecule has 4 aliphatic rings. The fourth-order valence-electron chi connectivity index (χ4n) is 6.04. The average molecular weight is 775 g/mol. The van der Waals surface area contributed by atoms with Crippen LogP contribution in [0.25, 0.3) is 0 Å². The maximum atomic E-state index is 10.9. The van der Waals surface area contributed by atoms with Gasteiger partial charge in [0.1, 0.15) is 79.4 Å². The van der Waals surface area contributed by atoms with Gasteiger partial charge in [-0.2, -0.15) is 4.99 Å². The second kappa shape index (κ2) is 19.5. The van der Waals surface area contributed by atoms with E-state index in [9.17, 15) is 66.4 Å². The first-order valence-electron chi connectivity index (χ1n) is 16.5. The Morgan fingerprint density at radius 2 is 1.26 bits per heavy atom. The van der Waals surface area contributed by atoms with E-state index < -0.39 is 136 Å². The molecule has 0 radical (unpaired) electrons. The van der Waals surface area contributed by atoms with E-state index in [2.05, 4.69) is 10.3 Å². The van der Waals surface area contributed by atoms with Crippen LogP contribution in [-0.2, 0) is 23.7 Å². The van der Waals surface area contributed by atoms with E-state index >= 15 is 0 Å². The molecule has 24 heteroatoms. The van der Waals surface area contributed by atoms with Gasteiger partial charge in [0, 0.05) is 14.1 Å². The van der Waals surface area contributed by atoms with E-state index in [1.807, 2.05) is 0 Å². The molecule has 0 bridgehead atoms. The molecule has 3 saturated heterocycles. The van der Waals surface area contributed by atoms with Gasteiger partial charge in [0.25, 0.3) is 0 Å². The lowest BCUT2D eigenvalue weighted by Crippen LogP contribution is -2.68. The first-order valence-corrected chi connectivity index (χ1v) is 16.5. The second-order valence-electron chi connectivity index (χ2n) is 13.1.